The second kappa shape index (κ2) is 7.17. The van der Waals surface area contributed by atoms with Gasteiger partial charge in [-0.15, -0.1) is 0 Å². The van der Waals surface area contributed by atoms with Gasteiger partial charge in [0.25, 0.3) is 0 Å². The monoisotopic (exact) mass is 375 g/mol. The number of nitrogens with zero attached hydrogens (tertiary/aromatic N) is 2. The lowest BCUT2D eigenvalue weighted by molar-refractivity contribution is 0.395. The normalized spacial score (nSPS) is 10.6. The van der Waals surface area contributed by atoms with Crippen molar-refractivity contribution in [3.8, 4) is 34.0 Å². The molecule has 1 aromatic heterocycles. The van der Waals surface area contributed by atoms with Crippen LogP contribution in [-0.4, -0.2) is 24.2 Å². The van der Waals surface area contributed by atoms with Crippen molar-refractivity contribution in [1.82, 2.24) is 9.97 Å². The third-order valence-corrected chi connectivity index (χ3v) is 4.38. The molecular formula is C18H15Cl2N3O2. The predicted molar refractivity (Wildman–Crippen MR) is 100 cm³/mol. The Labute approximate surface area is 155 Å². The lowest BCUT2D eigenvalue weighted by Gasteiger charge is -2.12. The molecule has 0 saturated carbocycles. The highest BCUT2D eigenvalue weighted by Gasteiger charge is 2.13. The van der Waals surface area contributed by atoms with E-state index in [0.717, 1.165) is 11.1 Å². The lowest BCUT2D eigenvalue weighted by Crippen LogP contribution is -2.00. The second-order valence-electron chi connectivity index (χ2n) is 5.19. The van der Waals surface area contributed by atoms with E-state index in [0.29, 0.717) is 32.9 Å². The quantitative estimate of drug-likeness (QED) is 0.714. The molecule has 7 heteroatoms. The fraction of sp³-hybridized carbons (Fsp3) is 0.111. The Morgan fingerprint density at radius 3 is 2.28 bits per heavy atom. The summed E-state index contributed by atoms with van der Waals surface area (Å²) in [7, 11) is 3.18. The SMILES string of the molecule is COc1ccc(-c2cc(-c3ccc(Cl)c(Cl)c3)nc(N)n2)c(OC)c1. The largest absolute Gasteiger partial charge is 0.497 e. The molecule has 0 bridgehead atoms. The maximum absolute atomic E-state index is 6.10. The van der Waals surface area contributed by atoms with Crippen LogP contribution in [0.5, 0.6) is 11.5 Å². The van der Waals surface area contributed by atoms with E-state index in [1.54, 1.807) is 32.4 Å². The summed E-state index contributed by atoms with van der Waals surface area (Å²) in [5.41, 5.74) is 8.74. The molecule has 0 amide bonds. The molecule has 25 heavy (non-hydrogen) atoms. The molecule has 0 saturated heterocycles. The van der Waals surface area contributed by atoms with E-state index in [1.807, 2.05) is 24.3 Å². The lowest BCUT2D eigenvalue weighted by atomic mass is 10.1. The van der Waals surface area contributed by atoms with Crippen molar-refractivity contribution < 1.29 is 9.47 Å². The van der Waals surface area contributed by atoms with Crippen molar-refractivity contribution >= 4 is 29.2 Å². The van der Waals surface area contributed by atoms with Gasteiger partial charge in [-0.05, 0) is 30.3 Å². The van der Waals surface area contributed by atoms with Crippen LogP contribution in [-0.2, 0) is 0 Å². The Morgan fingerprint density at radius 1 is 0.840 bits per heavy atom. The summed E-state index contributed by atoms with van der Waals surface area (Å²) < 4.78 is 10.7. The standard InChI is InChI=1S/C18H15Cl2N3O2/c1-24-11-4-5-12(17(8-11)25-2)16-9-15(22-18(21)23-16)10-3-6-13(19)14(20)7-10/h3-9H,1-2H3,(H2,21,22,23). The summed E-state index contributed by atoms with van der Waals surface area (Å²) in [5, 5.41) is 0.921. The average Bonchev–Trinajstić information content (AvgIpc) is 2.62. The highest BCUT2D eigenvalue weighted by Crippen LogP contribution is 2.35. The van der Waals surface area contributed by atoms with Crippen LogP contribution in [0.25, 0.3) is 22.5 Å². The maximum Gasteiger partial charge on any atom is 0.221 e. The number of halogens is 2. The molecule has 0 aliphatic carbocycles. The molecule has 0 radical (unpaired) electrons. The number of ether oxygens (including phenoxy) is 2. The van der Waals surface area contributed by atoms with Gasteiger partial charge < -0.3 is 15.2 Å². The highest BCUT2D eigenvalue weighted by molar-refractivity contribution is 6.42. The molecule has 2 aromatic carbocycles. The van der Waals surface area contributed by atoms with E-state index in [1.165, 1.54) is 0 Å². The van der Waals surface area contributed by atoms with Crippen LogP contribution in [0.1, 0.15) is 0 Å². The summed E-state index contributed by atoms with van der Waals surface area (Å²) in [6.45, 7) is 0. The first-order valence-corrected chi connectivity index (χ1v) is 8.10. The molecule has 128 valence electrons. The molecule has 0 aliphatic rings. The molecule has 0 spiro atoms. The number of benzene rings is 2. The van der Waals surface area contributed by atoms with Crippen LogP contribution in [0, 0.1) is 0 Å². The van der Waals surface area contributed by atoms with Gasteiger partial charge in [-0.25, -0.2) is 9.97 Å². The fourth-order valence-electron chi connectivity index (χ4n) is 2.42. The summed E-state index contributed by atoms with van der Waals surface area (Å²) in [6, 6.07) is 12.6. The first-order valence-electron chi connectivity index (χ1n) is 7.34. The van der Waals surface area contributed by atoms with Crippen molar-refractivity contribution in [2.75, 3.05) is 20.0 Å². The Kier molecular flexibility index (Phi) is 4.97. The van der Waals surface area contributed by atoms with Gasteiger partial charge in [-0.3, -0.25) is 0 Å². The minimum Gasteiger partial charge on any atom is -0.497 e. The Balaban J connectivity index is 2.12. The first-order chi connectivity index (χ1) is 12.0. The van der Waals surface area contributed by atoms with Crippen LogP contribution in [0.15, 0.2) is 42.5 Å². The molecule has 2 N–H and O–H groups in total. The van der Waals surface area contributed by atoms with Gasteiger partial charge >= 0.3 is 0 Å². The highest BCUT2D eigenvalue weighted by atomic mass is 35.5. The van der Waals surface area contributed by atoms with Gasteiger partial charge in [-0.2, -0.15) is 0 Å². The molecule has 0 aliphatic heterocycles. The van der Waals surface area contributed by atoms with E-state index in [-0.39, 0.29) is 5.95 Å². The van der Waals surface area contributed by atoms with Gasteiger partial charge in [0.05, 0.1) is 35.7 Å². The molecule has 3 rings (SSSR count). The fourth-order valence-corrected chi connectivity index (χ4v) is 2.72. The number of methoxy groups -OCH3 is 2. The number of nitrogens with two attached hydrogens (primary N) is 1. The van der Waals surface area contributed by atoms with Crippen LogP contribution in [0.2, 0.25) is 10.0 Å². The minimum absolute atomic E-state index is 0.149. The zero-order valence-corrected chi connectivity index (χ0v) is 15.1. The van der Waals surface area contributed by atoms with E-state index >= 15 is 0 Å². The smallest absolute Gasteiger partial charge is 0.221 e. The van der Waals surface area contributed by atoms with Crippen LogP contribution >= 0.6 is 23.2 Å². The first kappa shape index (κ1) is 17.3. The predicted octanol–water partition coefficient (Wildman–Crippen LogP) is 4.72. The zero-order valence-electron chi connectivity index (χ0n) is 13.6. The number of nitrogen functional groups attached to an aromatic ring is 1. The van der Waals surface area contributed by atoms with E-state index < -0.39 is 0 Å². The number of anilines is 1. The third-order valence-electron chi connectivity index (χ3n) is 3.64. The second-order valence-corrected chi connectivity index (χ2v) is 6.01. The van der Waals surface area contributed by atoms with Crippen LogP contribution < -0.4 is 15.2 Å². The molecule has 5 nitrogen and oxygen atoms in total. The summed E-state index contributed by atoms with van der Waals surface area (Å²) in [4.78, 5) is 8.61. The Bertz CT molecular complexity index is 932. The van der Waals surface area contributed by atoms with Crippen molar-refractivity contribution in [3.63, 3.8) is 0 Å². The average molecular weight is 376 g/mol. The molecule has 0 atom stereocenters. The Morgan fingerprint density at radius 2 is 1.60 bits per heavy atom. The minimum atomic E-state index is 0.149. The summed E-state index contributed by atoms with van der Waals surface area (Å²) in [6.07, 6.45) is 0. The van der Waals surface area contributed by atoms with E-state index in [9.17, 15) is 0 Å². The van der Waals surface area contributed by atoms with Crippen molar-refractivity contribution in [2.24, 2.45) is 0 Å². The molecule has 3 aromatic rings. The van der Waals surface area contributed by atoms with Gasteiger partial charge in [0.2, 0.25) is 5.95 Å². The van der Waals surface area contributed by atoms with Crippen LogP contribution in [0.3, 0.4) is 0 Å². The summed E-state index contributed by atoms with van der Waals surface area (Å²) >= 11 is 12.1. The van der Waals surface area contributed by atoms with Crippen LogP contribution in [0.4, 0.5) is 5.95 Å². The van der Waals surface area contributed by atoms with Crippen molar-refractivity contribution in [2.45, 2.75) is 0 Å². The maximum atomic E-state index is 6.10. The molecular weight excluding hydrogens is 361 g/mol. The molecule has 0 fully saturated rings. The number of hydrogen-bond donors (Lipinski definition) is 1. The van der Waals surface area contributed by atoms with Gasteiger partial charge in [0.15, 0.2) is 0 Å². The number of hydrogen-bond acceptors (Lipinski definition) is 5. The number of rotatable bonds is 4. The topological polar surface area (TPSA) is 70.3 Å². The third kappa shape index (κ3) is 3.62. The summed E-state index contributed by atoms with van der Waals surface area (Å²) in [5.74, 6) is 1.46. The Hall–Kier alpha value is -2.50. The van der Waals surface area contributed by atoms with Gasteiger partial charge in [0.1, 0.15) is 11.5 Å². The zero-order chi connectivity index (χ0) is 18.0. The molecule has 1 heterocycles. The van der Waals surface area contributed by atoms with Gasteiger partial charge in [-0.1, -0.05) is 29.3 Å². The van der Waals surface area contributed by atoms with Crippen molar-refractivity contribution in [3.05, 3.63) is 52.5 Å². The number of aromatic nitrogens is 2. The van der Waals surface area contributed by atoms with E-state index in [4.69, 9.17) is 38.4 Å². The van der Waals surface area contributed by atoms with Gasteiger partial charge in [0, 0.05) is 17.2 Å². The van der Waals surface area contributed by atoms with Crippen molar-refractivity contribution in [1.29, 1.82) is 0 Å². The molecule has 0 unspecified atom stereocenters. The van der Waals surface area contributed by atoms with E-state index in [2.05, 4.69) is 9.97 Å².